The largest absolute Gasteiger partial charge is 0.349 e. The monoisotopic (exact) mass is 363 g/mol. The maximum absolute atomic E-state index is 12.5. The molecular weight excluding hydrogens is 338 g/mol. The van der Waals surface area contributed by atoms with E-state index in [0.29, 0.717) is 5.56 Å². The Morgan fingerprint density at radius 3 is 2.48 bits per heavy atom. The number of aromatic nitrogens is 3. The Balaban J connectivity index is 1.50. The van der Waals surface area contributed by atoms with E-state index in [1.165, 1.54) is 0 Å². The van der Waals surface area contributed by atoms with Gasteiger partial charge in [0.25, 0.3) is 5.91 Å². The lowest BCUT2D eigenvalue weighted by Gasteiger charge is -2.29. The number of rotatable bonds is 3. The standard InChI is InChI=1S/C21H25N5O/c1-14-12-26-13-19(24-20(26)15(2)22-14)16-4-6-17(7-5-16)21(27)23-18-8-10-25(3)11-9-18/h4-7,12-13,18H,8-11H2,1-3H3,(H,23,27). The minimum absolute atomic E-state index is 0.00164. The number of hydrogen-bond donors (Lipinski definition) is 1. The minimum atomic E-state index is 0.00164. The summed E-state index contributed by atoms with van der Waals surface area (Å²) in [5, 5.41) is 3.16. The van der Waals surface area contributed by atoms with Crippen molar-refractivity contribution < 1.29 is 4.79 Å². The van der Waals surface area contributed by atoms with Gasteiger partial charge in [0, 0.05) is 29.6 Å². The second-order valence-corrected chi connectivity index (χ2v) is 7.45. The first-order chi connectivity index (χ1) is 13.0. The minimum Gasteiger partial charge on any atom is -0.349 e. The Morgan fingerprint density at radius 2 is 1.78 bits per heavy atom. The zero-order chi connectivity index (χ0) is 19.0. The van der Waals surface area contributed by atoms with Crippen LogP contribution in [0.5, 0.6) is 0 Å². The summed E-state index contributed by atoms with van der Waals surface area (Å²) in [6, 6.07) is 7.94. The van der Waals surface area contributed by atoms with Gasteiger partial charge in [0.1, 0.15) is 0 Å². The van der Waals surface area contributed by atoms with E-state index in [9.17, 15) is 4.79 Å². The summed E-state index contributed by atoms with van der Waals surface area (Å²) in [6.45, 7) is 6.01. The molecule has 0 unspecified atom stereocenters. The molecule has 6 heteroatoms. The molecule has 1 amide bonds. The van der Waals surface area contributed by atoms with Crippen molar-refractivity contribution in [3.05, 3.63) is 53.6 Å². The predicted octanol–water partition coefficient (Wildman–Crippen LogP) is 2.84. The molecule has 1 saturated heterocycles. The highest BCUT2D eigenvalue weighted by Gasteiger charge is 2.19. The summed E-state index contributed by atoms with van der Waals surface area (Å²) in [7, 11) is 2.12. The number of piperidine rings is 1. The number of carbonyl (C=O) groups is 1. The molecule has 0 radical (unpaired) electrons. The van der Waals surface area contributed by atoms with Gasteiger partial charge in [0.05, 0.1) is 17.1 Å². The van der Waals surface area contributed by atoms with Crippen molar-refractivity contribution in [3.63, 3.8) is 0 Å². The molecule has 0 aliphatic carbocycles. The van der Waals surface area contributed by atoms with Crippen LogP contribution in [-0.2, 0) is 0 Å². The zero-order valence-electron chi connectivity index (χ0n) is 16.1. The molecule has 4 rings (SSSR count). The summed E-state index contributed by atoms with van der Waals surface area (Å²) in [4.78, 5) is 24.0. The predicted molar refractivity (Wildman–Crippen MR) is 106 cm³/mol. The fraction of sp³-hybridized carbons (Fsp3) is 0.381. The highest BCUT2D eigenvalue weighted by atomic mass is 16.1. The molecule has 3 heterocycles. The molecule has 1 aliphatic heterocycles. The van der Waals surface area contributed by atoms with Crippen molar-refractivity contribution in [2.45, 2.75) is 32.7 Å². The van der Waals surface area contributed by atoms with Crippen molar-refractivity contribution in [1.29, 1.82) is 0 Å². The van der Waals surface area contributed by atoms with E-state index >= 15 is 0 Å². The van der Waals surface area contributed by atoms with Crippen LogP contribution in [0, 0.1) is 13.8 Å². The number of nitrogens with zero attached hydrogens (tertiary/aromatic N) is 4. The molecule has 0 saturated carbocycles. The number of likely N-dealkylation sites (tertiary alicyclic amines) is 1. The van der Waals surface area contributed by atoms with E-state index in [4.69, 9.17) is 4.98 Å². The van der Waals surface area contributed by atoms with Crippen LogP contribution < -0.4 is 5.32 Å². The first kappa shape index (κ1) is 17.7. The lowest BCUT2D eigenvalue weighted by atomic mass is 10.0. The summed E-state index contributed by atoms with van der Waals surface area (Å²) in [5.41, 5.74) is 5.30. The lowest BCUT2D eigenvalue weighted by Crippen LogP contribution is -2.43. The Kier molecular flexibility index (Phi) is 4.66. The quantitative estimate of drug-likeness (QED) is 0.777. The second-order valence-electron chi connectivity index (χ2n) is 7.45. The van der Waals surface area contributed by atoms with Gasteiger partial charge in [-0.3, -0.25) is 9.78 Å². The van der Waals surface area contributed by atoms with E-state index in [1.807, 2.05) is 54.9 Å². The normalized spacial score (nSPS) is 16.0. The first-order valence-electron chi connectivity index (χ1n) is 9.42. The van der Waals surface area contributed by atoms with Crippen LogP contribution >= 0.6 is 0 Å². The van der Waals surface area contributed by atoms with Crippen LogP contribution in [0.2, 0.25) is 0 Å². The van der Waals surface area contributed by atoms with E-state index in [-0.39, 0.29) is 11.9 Å². The molecule has 0 spiro atoms. The number of hydrogen-bond acceptors (Lipinski definition) is 4. The van der Waals surface area contributed by atoms with Crippen LogP contribution in [0.4, 0.5) is 0 Å². The number of benzene rings is 1. The molecule has 0 bridgehead atoms. The van der Waals surface area contributed by atoms with Gasteiger partial charge in [0.15, 0.2) is 5.65 Å². The number of aryl methyl sites for hydroxylation is 2. The Bertz CT molecular complexity index is 968. The molecule has 1 N–H and O–H groups in total. The molecule has 27 heavy (non-hydrogen) atoms. The van der Waals surface area contributed by atoms with E-state index in [2.05, 4.69) is 22.2 Å². The molecule has 0 atom stereocenters. The van der Waals surface area contributed by atoms with Crippen molar-refractivity contribution in [3.8, 4) is 11.3 Å². The van der Waals surface area contributed by atoms with E-state index in [1.54, 1.807) is 0 Å². The number of nitrogens with one attached hydrogen (secondary N) is 1. The van der Waals surface area contributed by atoms with E-state index < -0.39 is 0 Å². The van der Waals surface area contributed by atoms with Gasteiger partial charge >= 0.3 is 0 Å². The fourth-order valence-electron chi connectivity index (χ4n) is 3.66. The van der Waals surface area contributed by atoms with Crippen molar-refractivity contribution in [2.75, 3.05) is 20.1 Å². The fourth-order valence-corrected chi connectivity index (χ4v) is 3.66. The average molecular weight is 363 g/mol. The Labute approximate surface area is 159 Å². The van der Waals surface area contributed by atoms with Crippen LogP contribution in [0.15, 0.2) is 36.7 Å². The SMILES string of the molecule is Cc1cn2cc(-c3ccc(C(=O)NC4CCN(C)CC4)cc3)nc2c(C)n1. The highest BCUT2D eigenvalue weighted by molar-refractivity contribution is 5.94. The summed E-state index contributed by atoms with van der Waals surface area (Å²) in [5.74, 6) is 0.00164. The van der Waals surface area contributed by atoms with Crippen LogP contribution in [0.3, 0.4) is 0 Å². The Morgan fingerprint density at radius 1 is 1.07 bits per heavy atom. The third kappa shape index (κ3) is 3.71. The maximum atomic E-state index is 12.5. The van der Waals surface area contributed by atoms with Gasteiger partial charge < -0.3 is 14.6 Å². The summed E-state index contributed by atoms with van der Waals surface area (Å²) >= 11 is 0. The third-order valence-electron chi connectivity index (χ3n) is 5.22. The van der Waals surface area contributed by atoms with E-state index in [0.717, 1.165) is 54.2 Å². The molecule has 3 aromatic rings. The topological polar surface area (TPSA) is 62.5 Å². The molecule has 1 aromatic carbocycles. The molecular formula is C21H25N5O. The number of amides is 1. The number of fused-ring (bicyclic) bond motifs is 1. The second kappa shape index (κ2) is 7.12. The summed E-state index contributed by atoms with van der Waals surface area (Å²) in [6.07, 6.45) is 6.00. The zero-order valence-corrected chi connectivity index (χ0v) is 16.1. The van der Waals surface area contributed by atoms with Crippen molar-refractivity contribution >= 4 is 11.6 Å². The number of carbonyl (C=O) groups excluding carboxylic acids is 1. The van der Waals surface area contributed by atoms with Crippen LogP contribution in [0.25, 0.3) is 16.9 Å². The van der Waals surface area contributed by atoms with Crippen molar-refractivity contribution in [2.24, 2.45) is 0 Å². The molecule has 1 aliphatic rings. The molecule has 2 aromatic heterocycles. The van der Waals surface area contributed by atoms with Gasteiger partial charge in [-0.25, -0.2) is 4.98 Å². The molecule has 1 fully saturated rings. The molecule has 6 nitrogen and oxygen atoms in total. The molecule has 140 valence electrons. The van der Waals surface area contributed by atoms with Gasteiger partial charge in [-0.1, -0.05) is 12.1 Å². The van der Waals surface area contributed by atoms with Gasteiger partial charge in [-0.2, -0.15) is 0 Å². The Hall–Kier alpha value is -2.73. The average Bonchev–Trinajstić information content (AvgIpc) is 3.08. The third-order valence-corrected chi connectivity index (χ3v) is 5.22. The summed E-state index contributed by atoms with van der Waals surface area (Å²) < 4.78 is 2.01. The van der Waals surface area contributed by atoms with Crippen LogP contribution in [0.1, 0.15) is 34.6 Å². The van der Waals surface area contributed by atoms with Gasteiger partial charge in [-0.15, -0.1) is 0 Å². The van der Waals surface area contributed by atoms with Crippen molar-refractivity contribution in [1.82, 2.24) is 24.6 Å². The number of imidazole rings is 1. The van der Waals surface area contributed by atoms with Crippen LogP contribution in [-0.4, -0.2) is 51.4 Å². The van der Waals surface area contributed by atoms with Gasteiger partial charge in [-0.05, 0) is 59.0 Å². The maximum Gasteiger partial charge on any atom is 0.251 e. The smallest absolute Gasteiger partial charge is 0.251 e. The lowest BCUT2D eigenvalue weighted by molar-refractivity contribution is 0.0917. The highest BCUT2D eigenvalue weighted by Crippen LogP contribution is 2.21. The first-order valence-corrected chi connectivity index (χ1v) is 9.42. The van der Waals surface area contributed by atoms with Gasteiger partial charge in [0.2, 0.25) is 0 Å².